The van der Waals surface area contributed by atoms with Gasteiger partial charge in [-0.05, 0) is 59.5 Å². The molecule has 2 fully saturated rings. The van der Waals surface area contributed by atoms with Crippen molar-refractivity contribution in [2.75, 3.05) is 44.7 Å². The number of fused-ring (bicyclic) bond motifs is 1. The second-order valence-corrected chi connectivity index (χ2v) is 12.3. The van der Waals surface area contributed by atoms with E-state index < -0.39 is 17.4 Å². The first kappa shape index (κ1) is 31.9. The molecule has 3 heterocycles. The van der Waals surface area contributed by atoms with Crippen molar-refractivity contribution in [1.29, 1.82) is 0 Å². The van der Waals surface area contributed by atoms with Crippen LogP contribution >= 0.6 is 11.6 Å². The lowest BCUT2D eigenvalue weighted by molar-refractivity contribution is -0.134. The maximum Gasteiger partial charge on any atom is 0.290 e. The van der Waals surface area contributed by atoms with E-state index in [9.17, 15) is 24.3 Å². The van der Waals surface area contributed by atoms with Crippen LogP contribution in [0, 0.1) is 0 Å². The van der Waals surface area contributed by atoms with Crippen LogP contribution in [-0.2, 0) is 16.1 Å². The third-order valence-corrected chi connectivity index (χ3v) is 9.12. The number of anilines is 1. The summed E-state index contributed by atoms with van der Waals surface area (Å²) in [6, 6.07) is 18.9. The highest BCUT2D eigenvalue weighted by Gasteiger charge is 2.36. The van der Waals surface area contributed by atoms with Gasteiger partial charge in [0.05, 0.1) is 5.39 Å². The average molecular weight is 655 g/mol. The Hall–Kier alpha value is -5.09. The van der Waals surface area contributed by atoms with Gasteiger partial charge in [0.2, 0.25) is 11.8 Å². The van der Waals surface area contributed by atoms with Crippen LogP contribution in [0.2, 0.25) is 5.02 Å². The van der Waals surface area contributed by atoms with Crippen LogP contribution in [0.15, 0.2) is 88.6 Å². The van der Waals surface area contributed by atoms with Gasteiger partial charge < -0.3 is 29.1 Å². The van der Waals surface area contributed by atoms with Crippen LogP contribution in [-0.4, -0.2) is 83.3 Å². The van der Waals surface area contributed by atoms with Crippen molar-refractivity contribution in [3.63, 3.8) is 0 Å². The highest BCUT2D eigenvalue weighted by Crippen LogP contribution is 2.28. The summed E-state index contributed by atoms with van der Waals surface area (Å²) >= 11 is 6.12. The van der Waals surface area contributed by atoms with E-state index in [1.165, 1.54) is 30.1 Å². The standard InChI is InChI=1S/C36H35ClN4O6/c1-23(24-9-11-26(37)12-10-24)34(38(2)35(45)32-21-30(43)28-20-27(42)13-14-31(28)47-32)36(46)40-18-16-39(17-19-40)29-7-4-3-6-25(29)22-41-15-5-8-33(41)44/h3-4,6-7,9-14,20-21,34,42H,1,5,8,15-19,22H2,2H3/t34-/m1/s1. The maximum absolute atomic E-state index is 14.3. The molecular weight excluding hydrogens is 620 g/mol. The summed E-state index contributed by atoms with van der Waals surface area (Å²) in [5.41, 5.74) is 2.76. The van der Waals surface area contributed by atoms with Crippen molar-refractivity contribution in [1.82, 2.24) is 14.7 Å². The molecule has 6 rings (SSSR count). The number of benzene rings is 3. The predicted molar refractivity (Wildman–Crippen MR) is 180 cm³/mol. The molecule has 11 heteroatoms. The van der Waals surface area contributed by atoms with E-state index in [0.29, 0.717) is 55.3 Å². The van der Waals surface area contributed by atoms with Gasteiger partial charge >= 0.3 is 0 Å². The van der Waals surface area contributed by atoms with E-state index in [1.807, 2.05) is 29.2 Å². The summed E-state index contributed by atoms with van der Waals surface area (Å²) in [7, 11) is 1.49. The SMILES string of the molecule is C=C(c1ccc(Cl)cc1)[C@H](C(=O)N1CCN(c2ccccc2CN2CCCC2=O)CC1)N(C)C(=O)c1cc(=O)c2cc(O)ccc2o1. The van der Waals surface area contributed by atoms with Crippen LogP contribution in [0.3, 0.4) is 0 Å². The monoisotopic (exact) mass is 654 g/mol. The second-order valence-electron chi connectivity index (χ2n) is 11.9. The molecule has 3 aromatic carbocycles. The highest BCUT2D eigenvalue weighted by molar-refractivity contribution is 6.30. The number of hydrogen-bond donors (Lipinski definition) is 1. The van der Waals surface area contributed by atoms with Gasteiger partial charge in [-0.2, -0.15) is 0 Å². The van der Waals surface area contributed by atoms with Crippen LogP contribution in [0.4, 0.5) is 5.69 Å². The molecule has 4 aromatic rings. The number of likely N-dealkylation sites (N-methyl/N-ethyl adjacent to an activating group) is 1. The van der Waals surface area contributed by atoms with E-state index >= 15 is 0 Å². The highest BCUT2D eigenvalue weighted by atomic mass is 35.5. The zero-order chi connectivity index (χ0) is 33.2. The third kappa shape index (κ3) is 6.59. The molecule has 242 valence electrons. The number of halogens is 1. The molecule has 2 aliphatic rings. The smallest absolute Gasteiger partial charge is 0.290 e. The Labute approximate surface area is 277 Å². The van der Waals surface area contributed by atoms with Gasteiger partial charge in [-0.1, -0.05) is 48.5 Å². The molecule has 2 aliphatic heterocycles. The molecule has 0 saturated carbocycles. The van der Waals surface area contributed by atoms with Gasteiger partial charge in [0.25, 0.3) is 5.91 Å². The first-order valence-electron chi connectivity index (χ1n) is 15.5. The number of hydrogen-bond acceptors (Lipinski definition) is 7. The van der Waals surface area contributed by atoms with Gasteiger partial charge in [-0.3, -0.25) is 19.2 Å². The zero-order valence-corrected chi connectivity index (χ0v) is 26.8. The summed E-state index contributed by atoms with van der Waals surface area (Å²) < 4.78 is 5.78. The third-order valence-electron chi connectivity index (χ3n) is 8.86. The fraction of sp³-hybridized carbons (Fsp3) is 0.278. The summed E-state index contributed by atoms with van der Waals surface area (Å²) in [5, 5.41) is 10.4. The minimum atomic E-state index is -1.11. The van der Waals surface area contributed by atoms with Gasteiger partial charge in [-0.15, -0.1) is 0 Å². The minimum Gasteiger partial charge on any atom is -0.508 e. The minimum absolute atomic E-state index is 0.101. The predicted octanol–water partition coefficient (Wildman–Crippen LogP) is 4.78. The molecule has 1 N–H and O–H groups in total. The molecule has 0 aliphatic carbocycles. The van der Waals surface area contributed by atoms with Crippen LogP contribution in [0.1, 0.15) is 34.5 Å². The lowest BCUT2D eigenvalue weighted by Gasteiger charge is -2.40. The van der Waals surface area contributed by atoms with E-state index in [2.05, 4.69) is 11.5 Å². The topological polar surface area (TPSA) is 115 Å². The van der Waals surface area contributed by atoms with Crippen LogP contribution in [0.25, 0.3) is 16.5 Å². The molecule has 47 heavy (non-hydrogen) atoms. The number of amides is 3. The number of likely N-dealkylation sites (tertiary alicyclic amines) is 1. The van der Waals surface area contributed by atoms with Crippen molar-refractivity contribution in [3.05, 3.63) is 112 Å². The van der Waals surface area contributed by atoms with Gasteiger partial charge in [0.1, 0.15) is 17.4 Å². The molecular formula is C36H35ClN4O6. The molecule has 0 unspecified atom stereocenters. The number of carbonyl (C=O) groups is 3. The number of piperazine rings is 1. The largest absolute Gasteiger partial charge is 0.508 e. The van der Waals surface area contributed by atoms with E-state index in [-0.39, 0.29) is 34.3 Å². The number of rotatable bonds is 8. The molecule has 0 bridgehead atoms. The van der Waals surface area contributed by atoms with Crippen molar-refractivity contribution >= 4 is 51.6 Å². The van der Waals surface area contributed by atoms with Gasteiger partial charge in [-0.25, -0.2) is 0 Å². The Morgan fingerprint density at radius 2 is 1.70 bits per heavy atom. The number of aromatic hydroxyl groups is 1. The first-order valence-corrected chi connectivity index (χ1v) is 15.9. The van der Waals surface area contributed by atoms with Crippen molar-refractivity contribution < 1.29 is 23.9 Å². The normalized spacial score (nSPS) is 15.6. The van der Waals surface area contributed by atoms with E-state index in [4.69, 9.17) is 16.0 Å². The van der Waals surface area contributed by atoms with Crippen molar-refractivity contribution in [3.8, 4) is 5.75 Å². The summed E-state index contributed by atoms with van der Waals surface area (Å²) in [6.45, 7) is 7.45. The molecule has 0 radical (unpaired) electrons. The summed E-state index contributed by atoms with van der Waals surface area (Å²) in [5.74, 6) is -1.16. The number of nitrogens with zero attached hydrogens (tertiary/aromatic N) is 4. The van der Waals surface area contributed by atoms with Crippen LogP contribution in [0.5, 0.6) is 5.75 Å². The van der Waals surface area contributed by atoms with Crippen molar-refractivity contribution in [2.45, 2.75) is 25.4 Å². The molecule has 2 saturated heterocycles. The Morgan fingerprint density at radius 1 is 0.979 bits per heavy atom. The van der Waals surface area contributed by atoms with Crippen molar-refractivity contribution in [2.24, 2.45) is 0 Å². The average Bonchev–Trinajstić information content (AvgIpc) is 3.48. The van der Waals surface area contributed by atoms with E-state index in [0.717, 1.165) is 30.3 Å². The Balaban J connectivity index is 1.24. The van der Waals surface area contributed by atoms with E-state index in [1.54, 1.807) is 29.2 Å². The van der Waals surface area contributed by atoms with Gasteiger partial charge in [0.15, 0.2) is 11.2 Å². The molecule has 1 atom stereocenters. The number of phenolic OH excluding ortho intramolecular Hbond substituents is 1. The fourth-order valence-corrected chi connectivity index (χ4v) is 6.41. The molecule has 10 nitrogen and oxygen atoms in total. The number of para-hydroxylation sites is 1. The molecule has 0 spiro atoms. The molecule has 1 aromatic heterocycles. The summed E-state index contributed by atoms with van der Waals surface area (Å²) in [4.78, 5) is 60.4. The number of carbonyl (C=O) groups excluding carboxylic acids is 3. The zero-order valence-electron chi connectivity index (χ0n) is 26.0. The second kappa shape index (κ2) is 13.3. The lowest BCUT2D eigenvalue weighted by atomic mass is 9.97. The fourth-order valence-electron chi connectivity index (χ4n) is 6.28. The number of phenols is 1. The Kier molecular flexibility index (Phi) is 9.04. The van der Waals surface area contributed by atoms with Gasteiger partial charge in [0, 0.05) is 69.5 Å². The maximum atomic E-state index is 14.3. The quantitative estimate of drug-likeness (QED) is 0.291. The Bertz CT molecular complexity index is 1920. The van der Waals surface area contributed by atoms with Crippen LogP contribution < -0.4 is 10.3 Å². The lowest BCUT2D eigenvalue weighted by Crippen LogP contribution is -2.55. The molecule has 3 amide bonds. The Morgan fingerprint density at radius 3 is 2.40 bits per heavy atom. The summed E-state index contributed by atoms with van der Waals surface area (Å²) in [6.07, 6.45) is 1.46. The first-order chi connectivity index (χ1) is 22.6.